The van der Waals surface area contributed by atoms with Gasteiger partial charge in [-0.1, -0.05) is 42.5 Å². The summed E-state index contributed by atoms with van der Waals surface area (Å²) in [5, 5.41) is 13.1. The van der Waals surface area contributed by atoms with Gasteiger partial charge in [-0.15, -0.1) is 0 Å². The maximum absolute atomic E-state index is 13.3. The average Bonchev–Trinajstić information content (AvgIpc) is 3.50. The van der Waals surface area contributed by atoms with E-state index in [1.807, 2.05) is 30.3 Å². The highest BCUT2D eigenvalue weighted by Crippen LogP contribution is 2.45. The summed E-state index contributed by atoms with van der Waals surface area (Å²) in [5.74, 6) is -0.399. The van der Waals surface area contributed by atoms with Crippen LogP contribution in [0, 0.1) is 0 Å². The van der Waals surface area contributed by atoms with Crippen molar-refractivity contribution in [1.29, 1.82) is 0 Å². The summed E-state index contributed by atoms with van der Waals surface area (Å²) < 4.78 is 16.9. The van der Waals surface area contributed by atoms with Crippen molar-refractivity contribution >= 4 is 33.9 Å². The molecule has 1 fully saturated rings. The Morgan fingerprint density at radius 1 is 0.882 bits per heavy atom. The zero-order chi connectivity index (χ0) is 23.2. The van der Waals surface area contributed by atoms with E-state index in [0.29, 0.717) is 41.7 Å². The van der Waals surface area contributed by atoms with Gasteiger partial charge in [0, 0.05) is 17.3 Å². The molecule has 1 N–H and O–H groups in total. The van der Waals surface area contributed by atoms with Crippen molar-refractivity contribution in [2.45, 2.75) is 6.04 Å². The number of hydrogen-bond donors (Lipinski definition) is 1. The van der Waals surface area contributed by atoms with Gasteiger partial charge in [0.2, 0.25) is 0 Å². The Balaban J connectivity index is 1.56. The van der Waals surface area contributed by atoms with E-state index in [4.69, 9.17) is 13.9 Å². The minimum atomic E-state index is -0.948. The lowest BCUT2D eigenvalue weighted by atomic mass is 9.96. The third-order valence-corrected chi connectivity index (χ3v) is 6.11. The molecule has 3 aromatic carbocycles. The number of rotatable bonds is 3. The first-order chi connectivity index (χ1) is 16.6. The van der Waals surface area contributed by atoms with Crippen LogP contribution in [0.5, 0.6) is 11.5 Å². The Morgan fingerprint density at radius 3 is 2.50 bits per heavy atom. The van der Waals surface area contributed by atoms with Gasteiger partial charge < -0.3 is 19.0 Å². The Hall–Kier alpha value is -4.52. The first-order valence-electron chi connectivity index (χ1n) is 10.9. The highest BCUT2D eigenvalue weighted by Gasteiger charge is 2.48. The number of aliphatic hydroxyl groups is 1. The van der Waals surface area contributed by atoms with E-state index < -0.39 is 17.7 Å². The summed E-state index contributed by atoms with van der Waals surface area (Å²) in [6.45, 7) is 0.826. The maximum atomic E-state index is 13.3. The molecule has 7 nitrogen and oxygen atoms in total. The number of anilines is 1. The standard InChI is InChI=1S/C27H19NO6/c29-25(19-8-3-6-16-5-1-2-7-18(16)19)23-24(21-9-4-12-32-21)28(27(31)26(23)30)17-10-11-20-22(15-17)34-14-13-33-20/h1-12,15,24,29H,13-14H2/b25-23-. The first kappa shape index (κ1) is 20.1. The lowest BCUT2D eigenvalue weighted by molar-refractivity contribution is -0.132. The van der Waals surface area contributed by atoms with Crippen LogP contribution in [0.4, 0.5) is 5.69 Å². The monoisotopic (exact) mass is 453 g/mol. The number of nitrogens with zero attached hydrogens (tertiary/aromatic N) is 1. The van der Waals surface area contributed by atoms with Crippen molar-refractivity contribution in [3.8, 4) is 11.5 Å². The third-order valence-electron chi connectivity index (χ3n) is 6.11. The zero-order valence-corrected chi connectivity index (χ0v) is 17.9. The smallest absolute Gasteiger partial charge is 0.300 e. The molecule has 0 saturated carbocycles. The van der Waals surface area contributed by atoms with Crippen LogP contribution < -0.4 is 14.4 Å². The van der Waals surface area contributed by atoms with Crippen LogP contribution in [0.15, 0.2) is 89.0 Å². The molecule has 0 aliphatic carbocycles. The third kappa shape index (κ3) is 3.05. The second-order valence-electron chi connectivity index (χ2n) is 8.04. The van der Waals surface area contributed by atoms with E-state index in [2.05, 4.69) is 0 Å². The number of fused-ring (bicyclic) bond motifs is 2. The fourth-order valence-corrected chi connectivity index (χ4v) is 4.57. The van der Waals surface area contributed by atoms with Gasteiger partial charge in [0.05, 0.1) is 11.8 Å². The fourth-order valence-electron chi connectivity index (χ4n) is 4.57. The minimum Gasteiger partial charge on any atom is -0.507 e. The zero-order valence-electron chi connectivity index (χ0n) is 17.9. The molecule has 6 rings (SSSR count). The molecular formula is C27H19NO6. The first-order valence-corrected chi connectivity index (χ1v) is 10.9. The number of aliphatic hydroxyl groups excluding tert-OH is 1. The molecule has 0 bridgehead atoms. The number of benzene rings is 3. The Kier molecular flexibility index (Phi) is 4.62. The predicted molar refractivity (Wildman–Crippen MR) is 125 cm³/mol. The molecule has 0 spiro atoms. The summed E-state index contributed by atoms with van der Waals surface area (Å²) in [5.41, 5.74) is 0.866. The summed E-state index contributed by atoms with van der Waals surface area (Å²) in [4.78, 5) is 28.0. The van der Waals surface area contributed by atoms with Gasteiger partial charge in [0.15, 0.2) is 11.5 Å². The van der Waals surface area contributed by atoms with Crippen molar-refractivity contribution < 1.29 is 28.6 Å². The average molecular weight is 453 g/mol. The predicted octanol–water partition coefficient (Wildman–Crippen LogP) is 4.83. The Labute approximate surface area is 194 Å². The maximum Gasteiger partial charge on any atom is 0.300 e. The summed E-state index contributed by atoms with van der Waals surface area (Å²) in [6.07, 6.45) is 1.47. The van der Waals surface area contributed by atoms with Crippen molar-refractivity contribution in [2.24, 2.45) is 0 Å². The molecule has 4 aromatic rings. The molecule has 2 aliphatic heterocycles. The number of carbonyl (C=O) groups excluding carboxylic acids is 2. The van der Waals surface area contributed by atoms with Crippen molar-refractivity contribution in [3.05, 3.63) is 96.0 Å². The molecule has 0 radical (unpaired) electrons. The number of hydrogen-bond acceptors (Lipinski definition) is 6. The molecule has 7 heteroatoms. The minimum absolute atomic E-state index is 0.0359. The van der Waals surface area contributed by atoms with Gasteiger partial charge >= 0.3 is 0 Å². The van der Waals surface area contributed by atoms with Crippen LogP contribution in [0.3, 0.4) is 0 Å². The SMILES string of the molecule is O=C1C(=O)N(c2ccc3c(c2)OCCO3)C(c2ccco2)/C1=C(/O)c1cccc2ccccc12. The topological polar surface area (TPSA) is 89.2 Å². The molecule has 3 heterocycles. The van der Waals surface area contributed by atoms with Gasteiger partial charge in [-0.05, 0) is 35.0 Å². The molecule has 1 unspecified atom stereocenters. The number of carbonyl (C=O) groups is 2. The molecule has 1 atom stereocenters. The summed E-state index contributed by atoms with van der Waals surface area (Å²) in [6, 6.07) is 20.5. The van der Waals surface area contributed by atoms with E-state index in [-0.39, 0.29) is 11.3 Å². The number of ketones is 1. The quantitative estimate of drug-likeness (QED) is 0.272. The summed E-state index contributed by atoms with van der Waals surface area (Å²) in [7, 11) is 0. The molecule has 34 heavy (non-hydrogen) atoms. The highest BCUT2D eigenvalue weighted by molar-refractivity contribution is 6.51. The Morgan fingerprint density at radius 2 is 1.68 bits per heavy atom. The number of ether oxygens (including phenoxy) is 2. The van der Waals surface area contributed by atoms with Crippen LogP contribution in [-0.4, -0.2) is 30.0 Å². The largest absolute Gasteiger partial charge is 0.507 e. The number of Topliss-reactive ketones (excluding diaryl/α,β-unsaturated/α-hetero) is 1. The second-order valence-corrected chi connectivity index (χ2v) is 8.04. The van der Waals surface area contributed by atoms with Gasteiger partial charge in [-0.25, -0.2) is 0 Å². The van der Waals surface area contributed by atoms with E-state index in [1.54, 1.807) is 42.5 Å². The number of furan rings is 1. The van der Waals surface area contributed by atoms with E-state index in [1.165, 1.54) is 11.2 Å². The Bertz CT molecular complexity index is 1460. The van der Waals surface area contributed by atoms with Gasteiger partial charge in [-0.2, -0.15) is 0 Å². The van der Waals surface area contributed by atoms with E-state index in [0.717, 1.165) is 10.8 Å². The molecule has 1 amide bonds. The van der Waals surface area contributed by atoms with Gasteiger partial charge in [0.1, 0.15) is 30.8 Å². The molecule has 1 saturated heterocycles. The van der Waals surface area contributed by atoms with Crippen LogP contribution in [0.25, 0.3) is 16.5 Å². The van der Waals surface area contributed by atoms with Crippen LogP contribution in [0.2, 0.25) is 0 Å². The van der Waals surface area contributed by atoms with Crippen molar-refractivity contribution in [3.63, 3.8) is 0 Å². The van der Waals surface area contributed by atoms with Gasteiger partial charge in [0.25, 0.3) is 11.7 Å². The lowest BCUT2D eigenvalue weighted by Gasteiger charge is -2.25. The number of amides is 1. The van der Waals surface area contributed by atoms with E-state index >= 15 is 0 Å². The molecular weight excluding hydrogens is 434 g/mol. The van der Waals surface area contributed by atoms with Crippen molar-refractivity contribution in [1.82, 2.24) is 0 Å². The molecule has 2 aliphatic rings. The molecule has 1 aromatic heterocycles. The molecule has 168 valence electrons. The van der Waals surface area contributed by atoms with Crippen molar-refractivity contribution in [2.75, 3.05) is 18.1 Å². The van der Waals surface area contributed by atoms with Crippen LogP contribution >= 0.6 is 0 Å². The second kappa shape index (κ2) is 7.81. The summed E-state index contributed by atoms with van der Waals surface area (Å²) >= 11 is 0. The fraction of sp³-hybridized carbons (Fsp3) is 0.111. The van der Waals surface area contributed by atoms with Crippen LogP contribution in [-0.2, 0) is 9.59 Å². The van der Waals surface area contributed by atoms with Crippen LogP contribution in [0.1, 0.15) is 17.4 Å². The van der Waals surface area contributed by atoms with E-state index in [9.17, 15) is 14.7 Å². The van der Waals surface area contributed by atoms with Gasteiger partial charge in [-0.3, -0.25) is 14.5 Å². The highest BCUT2D eigenvalue weighted by atomic mass is 16.6. The normalized spacial score (nSPS) is 19.1. The lowest BCUT2D eigenvalue weighted by Crippen LogP contribution is -2.29.